The van der Waals surface area contributed by atoms with Crippen molar-refractivity contribution in [3.8, 4) is 0 Å². The quantitative estimate of drug-likeness (QED) is 0.874. The number of nitrogens with zero attached hydrogens (tertiary/aromatic N) is 2. The van der Waals surface area contributed by atoms with Crippen molar-refractivity contribution in [1.82, 2.24) is 9.55 Å². The van der Waals surface area contributed by atoms with Gasteiger partial charge in [0.05, 0.1) is 17.6 Å². The third-order valence-electron chi connectivity index (χ3n) is 4.08. The Labute approximate surface area is 104 Å². The molecule has 1 aromatic rings. The zero-order valence-electron chi connectivity index (χ0n) is 11.3. The van der Waals surface area contributed by atoms with Crippen molar-refractivity contribution >= 4 is 0 Å². The molecule has 2 unspecified atom stereocenters. The normalized spacial score (nSPS) is 26.1. The van der Waals surface area contributed by atoms with Crippen molar-refractivity contribution < 1.29 is 0 Å². The highest BCUT2D eigenvalue weighted by Gasteiger charge is 2.29. The Balaban J connectivity index is 2.29. The summed E-state index contributed by atoms with van der Waals surface area (Å²) in [6.07, 6.45) is 10.5. The molecule has 0 radical (unpaired) electrons. The van der Waals surface area contributed by atoms with Crippen LogP contribution in [0.25, 0.3) is 0 Å². The van der Waals surface area contributed by atoms with Crippen LogP contribution in [-0.4, -0.2) is 9.55 Å². The van der Waals surface area contributed by atoms with Crippen molar-refractivity contribution in [1.29, 1.82) is 0 Å². The summed E-state index contributed by atoms with van der Waals surface area (Å²) in [5.41, 5.74) is 7.10. The van der Waals surface area contributed by atoms with Gasteiger partial charge in [0, 0.05) is 12.2 Å². The second-order valence-electron chi connectivity index (χ2n) is 5.93. The molecular formula is C14H25N3. The number of rotatable bonds is 3. The number of nitrogens with two attached hydrogens (primary N) is 1. The Morgan fingerprint density at radius 3 is 2.76 bits per heavy atom. The van der Waals surface area contributed by atoms with E-state index in [0.29, 0.717) is 6.04 Å². The highest BCUT2D eigenvalue weighted by atomic mass is 15.1. The average Bonchev–Trinajstić information content (AvgIpc) is 2.77. The van der Waals surface area contributed by atoms with Crippen LogP contribution in [-0.2, 0) is 5.54 Å². The van der Waals surface area contributed by atoms with E-state index in [1.54, 1.807) is 0 Å². The fourth-order valence-electron chi connectivity index (χ4n) is 3.10. The fraction of sp³-hybridized carbons (Fsp3) is 0.786. The first-order valence-corrected chi connectivity index (χ1v) is 6.85. The van der Waals surface area contributed by atoms with Gasteiger partial charge in [-0.1, -0.05) is 26.2 Å². The molecule has 3 heteroatoms. The van der Waals surface area contributed by atoms with Gasteiger partial charge < -0.3 is 10.3 Å². The topological polar surface area (TPSA) is 43.8 Å². The van der Waals surface area contributed by atoms with E-state index in [-0.39, 0.29) is 5.54 Å². The Bertz CT molecular complexity index is 362. The Morgan fingerprint density at radius 1 is 1.41 bits per heavy atom. The summed E-state index contributed by atoms with van der Waals surface area (Å²) in [4.78, 5) is 4.32. The van der Waals surface area contributed by atoms with E-state index in [0.717, 1.165) is 5.92 Å². The number of hydrogen-bond acceptors (Lipinski definition) is 2. The van der Waals surface area contributed by atoms with Crippen LogP contribution in [0.3, 0.4) is 0 Å². The van der Waals surface area contributed by atoms with Crippen LogP contribution in [0.5, 0.6) is 0 Å². The first-order valence-electron chi connectivity index (χ1n) is 6.85. The first-order chi connectivity index (χ1) is 8.04. The molecule has 17 heavy (non-hydrogen) atoms. The van der Waals surface area contributed by atoms with Crippen molar-refractivity contribution in [3.63, 3.8) is 0 Å². The molecule has 0 aliphatic heterocycles. The van der Waals surface area contributed by atoms with Crippen LogP contribution in [0.15, 0.2) is 12.5 Å². The summed E-state index contributed by atoms with van der Waals surface area (Å²) in [6, 6.07) is 0.606. The van der Waals surface area contributed by atoms with Crippen LogP contribution in [0.4, 0.5) is 0 Å². The molecule has 0 bridgehead atoms. The minimum Gasteiger partial charge on any atom is -0.330 e. The van der Waals surface area contributed by atoms with E-state index in [9.17, 15) is 0 Å². The molecule has 1 aliphatic rings. The summed E-state index contributed by atoms with van der Waals surface area (Å²) in [5.74, 6) is 0.791. The fourth-order valence-corrected chi connectivity index (χ4v) is 3.10. The third kappa shape index (κ3) is 2.54. The van der Waals surface area contributed by atoms with Gasteiger partial charge in [0.25, 0.3) is 0 Å². The second-order valence-corrected chi connectivity index (χ2v) is 5.93. The van der Waals surface area contributed by atoms with Crippen molar-refractivity contribution in [3.05, 3.63) is 18.2 Å². The molecule has 1 heterocycles. The van der Waals surface area contributed by atoms with E-state index < -0.39 is 0 Å². The van der Waals surface area contributed by atoms with Gasteiger partial charge in [0.15, 0.2) is 0 Å². The molecule has 2 atom stereocenters. The van der Waals surface area contributed by atoms with Gasteiger partial charge in [-0.3, -0.25) is 0 Å². The van der Waals surface area contributed by atoms with Gasteiger partial charge in [0.2, 0.25) is 0 Å². The number of imidazole rings is 1. The molecule has 0 spiro atoms. The lowest BCUT2D eigenvalue weighted by molar-refractivity contribution is 0.223. The van der Waals surface area contributed by atoms with Crippen LogP contribution >= 0.6 is 0 Å². The van der Waals surface area contributed by atoms with Gasteiger partial charge >= 0.3 is 0 Å². The first kappa shape index (κ1) is 12.6. The maximum Gasteiger partial charge on any atom is 0.0951 e. The third-order valence-corrected chi connectivity index (χ3v) is 4.08. The monoisotopic (exact) mass is 235 g/mol. The van der Waals surface area contributed by atoms with Crippen molar-refractivity contribution in [2.24, 2.45) is 11.7 Å². The summed E-state index contributed by atoms with van der Waals surface area (Å²) in [5, 5.41) is 0. The smallest absolute Gasteiger partial charge is 0.0951 e. The Kier molecular flexibility index (Phi) is 3.57. The predicted octanol–water partition coefficient (Wildman–Crippen LogP) is 3.22. The Hall–Kier alpha value is -0.830. The van der Waals surface area contributed by atoms with Gasteiger partial charge in [-0.15, -0.1) is 0 Å². The maximum atomic E-state index is 6.23. The largest absolute Gasteiger partial charge is 0.330 e. The van der Waals surface area contributed by atoms with Gasteiger partial charge in [-0.25, -0.2) is 4.98 Å². The minimum absolute atomic E-state index is 0.299. The highest BCUT2D eigenvalue weighted by Crippen LogP contribution is 2.37. The zero-order chi connectivity index (χ0) is 12.5. The van der Waals surface area contributed by atoms with Crippen LogP contribution in [0.2, 0.25) is 0 Å². The van der Waals surface area contributed by atoms with Gasteiger partial charge in [-0.05, 0) is 32.6 Å². The van der Waals surface area contributed by atoms with E-state index in [1.165, 1.54) is 37.8 Å². The summed E-state index contributed by atoms with van der Waals surface area (Å²) in [6.45, 7) is 6.42. The molecule has 0 aromatic carbocycles. The predicted molar refractivity (Wildman–Crippen MR) is 70.7 cm³/mol. The lowest BCUT2D eigenvalue weighted by atomic mass is 9.82. The molecule has 1 aliphatic carbocycles. The minimum atomic E-state index is -0.299. The average molecular weight is 235 g/mol. The molecule has 0 saturated heterocycles. The molecule has 2 N–H and O–H groups in total. The molecule has 1 saturated carbocycles. The van der Waals surface area contributed by atoms with E-state index >= 15 is 0 Å². The molecule has 3 nitrogen and oxygen atoms in total. The molecular weight excluding hydrogens is 210 g/mol. The number of hydrogen-bond donors (Lipinski definition) is 1. The molecule has 96 valence electrons. The zero-order valence-corrected chi connectivity index (χ0v) is 11.3. The highest BCUT2D eigenvalue weighted by molar-refractivity contribution is 5.11. The molecule has 2 rings (SSSR count). The molecule has 1 fully saturated rings. The van der Waals surface area contributed by atoms with E-state index in [4.69, 9.17) is 5.73 Å². The lowest BCUT2D eigenvalue weighted by Crippen LogP contribution is -2.34. The van der Waals surface area contributed by atoms with Gasteiger partial charge in [0.1, 0.15) is 0 Å². The summed E-state index contributed by atoms with van der Waals surface area (Å²) in [7, 11) is 0. The van der Waals surface area contributed by atoms with Crippen LogP contribution < -0.4 is 5.73 Å². The van der Waals surface area contributed by atoms with E-state index in [2.05, 4.69) is 30.3 Å². The second kappa shape index (κ2) is 4.81. The molecule has 1 aromatic heterocycles. The maximum absolute atomic E-state index is 6.23. The standard InChI is InChI=1S/C14H25N3/c1-4-11-7-5-6-8-12(11)17-10-16-9-13(17)14(2,3)15/h9-12H,4-8,15H2,1-3H3. The number of aromatic nitrogens is 2. The van der Waals surface area contributed by atoms with Crippen molar-refractivity contribution in [2.45, 2.75) is 64.5 Å². The SMILES string of the molecule is CCC1CCCCC1n1cncc1C(C)(C)N. The van der Waals surface area contributed by atoms with E-state index in [1.807, 2.05) is 12.5 Å². The Morgan fingerprint density at radius 2 is 2.12 bits per heavy atom. The van der Waals surface area contributed by atoms with Gasteiger partial charge in [-0.2, -0.15) is 0 Å². The summed E-state index contributed by atoms with van der Waals surface area (Å²) < 4.78 is 2.34. The van der Waals surface area contributed by atoms with Crippen molar-refractivity contribution in [2.75, 3.05) is 0 Å². The lowest BCUT2D eigenvalue weighted by Gasteiger charge is -2.35. The van der Waals surface area contributed by atoms with Crippen LogP contribution in [0.1, 0.15) is 64.6 Å². The summed E-state index contributed by atoms with van der Waals surface area (Å²) >= 11 is 0. The van der Waals surface area contributed by atoms with Crippen LogP contribution in [0, 0.1) is 5.92 Å². The molecule has 0 amide bonds.